The SMILES string of the molecule is O=C(O)c1c(F)ccc2c1OB(O)[C@@H](NC(=O)C(NC(=O)N1CCN(C3CCN(Cc4ccc(F)c(O)c4)CC3)C1=O)c1cc(F)c(O)c(O)c1Cl)C2. The summed E-state index contributed by atoms with van der Waals surface area (Å²) in [6.07, 6.45) is 0.796. The molecule has 0 aliphatic carbocycles. The van der Waals surface area contributed by atoms with Crippen molar-refractivity contribution in [2.75, 3.05) is 26.2 Å². The monoisotopic (exact) mass is 761 g/mol. The number of likely N-dealkylation sites (tertiary alicyclic amines) is 1. The summed E-state index contributed by atoms with van der Waals surface area (Å²) in [5.41, 5.74) is -0.549. The standard InChI is InChI=1S/C33H32BClF3N5O10/c35-25-18(13-21(38)27(45)28(25)46)26(30(47)39-23-12-16-2-4-20(37)24(31(48)49)29(16)53-34(23)52)40-32(50)43-10-9-42(33(43)51)17-5-7-41(8-6-17)14-15-1-3-19(36)22(44)11-15/h1-4,11,13,17,23,26,44-46,52H,5-10,12,14H2,(H,39,47)(H,40,50)(H,48,49)/t23-,26?/m0/s1. The zero-order valence-corrected chi connectivity index (χ0v) is 28.3. The fourth-order valence-electron chi connectivity index (χ4n) is 6.73. The first kappa shape index (κ1) is 37.4. The van der Waals surface area contributed by atoms with Crippen LogP contribution in [0.2, 0.25) is 5.02 Å². The number of carbonyl (C=O) groups excluding carboxylic acids is 3. The Morgan fingerprint density at radius 3 is 2.34 bits per heavy atom. The number of phenolic OH excluding ortho intramolecular Hbond substituents is 3. The Hall–Kier alpha value is -5.40. The largest absolute Gasteiger partial charge is 0.547 e. The van der Waals surface area contributed by atoms with Crippen molar-refractivity contribution in [2.24, 2.45) is 0 Å². The maximum Gasteiger partial charge on any atom is 0.547 e. The number of hydrogen-bond acceptors (Lipinski definition) is 10. The van der Waals surface area contributed by atoms with Gasteiger partial charge in [-0.25, -0.2) is 32.5 Å². The minimum Gasteiger partial charge on any atom is -0.534 e. The molecule has 0 bridgehead atoms. The van der Waals surface area contributed by atoms with Crippen LogP contribution in [0.4, 0.5) is 22.8 Å². The number of piperidine rings is 1. The van der Waals surface area contributed by atoms with Gasteiger partial charge in [0.25, 0.3) is 0 Å². The summed E-state index contributed by atoms with van der Waals surface area (Å²) >= 11 is 6.19. The lowest BCUT2D eigenvalue weighted by Gasteiger charge is -2.36. The van der Waals surface area contributed by atoms with Gasteiger partial charge in [-0.15, -0.1) is 0 Å². The van der Waals surface area contributed by atoms with Gasteiger partial charge in [-0.3, -0.25) is 9.69 Å². The number of fused-ring (bicyclic) bond motifs is 1. The van der Waals surface area contributed by atoms with Crippen molar-refractivity contribution in [2.45, 2.75) is 43.8 Å². The van der Waals surface area contributed by atoms with Crippen LogP contribution in [0.5, 0.6) is 23.0 Å². The number of halogens is 4. The van der Waals surface area contributed by atoms with E-state index in [1.54, 1.807) is 6.07 Å². The lowest BCUT2D eigenvalue weighted by Crippen LogP contribution is -2.56. The van der Waals surface area contributed by atoms with Crippen LogP contribution < -0.4 is 15.3 Å². The second kappa shape index (κ2) is 14.9. The number of carbonyl (C=O) groups is 4. The highest BCUT2D eigenvalue weighted by Crippen LogP contribution is 2.41. The first-order chi connectivity index (χ1) is 25.1. The normalized spacial score (nSPS) is 18.4. The van der Waals surface area contributed by atoms with Gasteiger partial charge < -0.3 is 45.6 Å². The number of carboxylic acid groups (broad SMARTS) is 1. The Morgan fingerprint density at radius 1 is 0.962 bits per heavy atom. The number of nitrogens with zero attached hydrogens (tertiary/aromatic N) is 3. The van der Waals surface area contributed by atoms with Crippen molar-refractivity contribution in [3.8, 4) is 23.0 Å². The van der Waals surface area contributed by atoms with Crippen molar-refractivity contribution in [3.63, 3.8) is 0 Å². The number of rotatable bonds is 8. The number of nitrogens with one attached hydrogen (secondary N) is 2. The minimum absolute atomic E-state index is 0.0918. The molecule has 20 heteroatoms. The summed E-state index contributed by atoms with van der Waals surface area (Å²) in [6, 6.07) is 2.78. The summed E-state index contributed by atoms with van der Waals surface area (Å²) in [4.78, 5) is 56.9. The summed E-state index contributed by atoms with van der Waals surface area (Å²) < 4.78 is 47.6. The van der Waals surface area contributed by atoms with Gasteiger partial charge in [0.15, 0.2) is 28.9 Å². The molecule has 3 aliphatic heterocycles. The highest BCUT2D eigenvalue weighted by Gasteiger charge is 2.43. The van der Waals surface area contributed by atoms with Crippen LogP contribution in [0.1, 0.15) is 45.9 Å². The third-order valence-corrected chi connectivity index (χ3v) is 9.89. The van der Waals surface area contributed by atoms with E-state index in [-0.39, 0.29) is 31.1 Å². The highest BCUT2D eigenvalue weighted by atomic mass is 35.5. The second-order valence-electron chi connectivity index (χ2n) is 12.8. The fourth-order valence-corrected chi connectivity index (χ4v) is 6.98. The van der Waals surface area contributed by atoms with Crippen LogP contribution in [-0.2, 0) is 17.8 Å². The van der Waals surface area contributed by atoms with Crippen molar-refractivity contribution < 1.29 is 62.5 Å². The molecular formula is C33H32BClF3N5O10. The topological polar surface area (TPSA) is 212 Å². The molecule has 2 atom stereocenters. The first-order valence-electron chi connectivity index (χ1n) is 16.3. The molecule has 0 saturated carbocycles. The number of benzene rings is 3. The number of urea groups is 2. The number of aromatic carboxylic acids is 1. The molecule has 6 rings (SSSR count). The Morgan fingerprint density at radius 2 is 1.66 bits per heavy atom. The third-order valence-electron chi connectivity index (χ3n) is 9.49. The fraction of sp³-hybridized carbons (Fsp3) is 0.333. The molecule has 5 amide bonds. The van der Waals surface area contributed by atoms with E-state index in [0.29, 0.717) is 44.1 Å². The highest BCUT2D eigenvalue weighted by molar-refractivity contribution is 6.47. The van der Waals surface area contributed by atoms with Crippen LogP contribution >= 0.6 is 11.6 Å². The number of amides is 5. The van der Waals surface area contributed by atoms with E-state index >= 15 is 0 Å². The molecule has 3 heterocycles. The molecule has 53 heavy (non-hydrogen) atoms. The van der Waals surface area contributed by atoms with Gasteiger partial charge in [0, 0.05) is 44.3 Å². The van der Waals surface area contributed by atoms with Gasteiger partial charge in [0.2, 0.25) is 5.91 Å². The van der Waals surface area contributed by atoms with Crippen molar-refractivity contribution in [1.82, 2.24) is 25.3 Å². The van der Waals surface area contributed by atoms with Gasteiger partial charge in [-0.2, -0.15) is 0 Å². The van der Waals surface area contributed by atoms with Gasteiger partial charge >= 0.3 is 25.1 Å². The van der Waals surface area contributed by atoms with Crippen LogP contribution in [0.15, 0.2) is 36.4 Å². The van der Waals surface area contributed by atoms with E-state index in [1.807, 2.05) is 0 Å². The van der Waals surface area contributed by atoms with Gasteiger partial charge in [0.05, 0.1) is 11.0 Å². The number of carboxylic acids is 1. The summed E-state index contributed by atoms with van der Waals surface area (Å²) in [7, 11) is -1.92. The summed E-state index contributed by atoms with van der Waals surface area (Å²) in [6.45, 7) is 1.62. The van der Waals surface area contributed by atoms with E-state index in [0.717, 1.165) is 11.0 Å². The average molecular weight is 762 g/mol. The molecule has 2 saturated heterocycles. The van der Waals surface area contributed by atoms with Crippen molar-refractivity contribution in [1.29, 1.82) is 0 Å². The van der Waals surface area contributed by atoms with Crippen LogP contribution in [0.3, 0.4) is 0 Å². The lowest BCUT2D eigenvalue weighted by atomic mass is 9.72. The molecular weight excluding hydrogens is 730 g/mol. The molecule has 3 aromatic rings. The van der Waals surface area contributed by atoms with E-state index in [1.165, 1.54) is 23.1 Å². The molecule has 0 spiro atoms. The molecule has 1 unspecified atom stereocenters. The number of aromatic hydroxyl groups is 3. The van der Waals surface area contributed by atoms with Crippen LogP contribution in [0, 0.1) is 17.5 Å². The molecule has 3 aromatic carbocycles. The smallest absolute Gasteiger partial charge is 0.534 e. The van der Waals surface area contributed by atoms with Crippen LogP contribution in [0.25, 0.3) is 0 Å². The van der Waals surface area contributed by atoms with Gasteiger partial charge in [0.1, 0.15) is 23.2 Å². The Bertz CT molecular complexity index is 1990. The first-order valence-corrected chi connectivity index (χ1v) is 16.7. The molecule has 280 valence electrons. The third kappa shape index (κ3) is 7.44. The number of hydrogen-bond donors (Lipinski definition) is 7. The quantitative estimate of drug-likeness (QED) is 0.131. The Kier molecular flexibility index (Phi) is 10.5. The number of phenols is 3. The number of imide groups is 1. The molecule has 7 N–H and O–H groups in total. The van der Waals surface area contributed by atoms with E-state index in [9.17, 15) is 57.8 Å². The maximum absolute atomic E-state index is 14.7. The Balaban J connectivity index is 1.16. The second-order valence-corrected chi connectivity index (χ2v) is 13.2. The Labute approximate surface area is 304 Å². The summed E-state index contributed by atoms with van der Waals surface area (Å²) in [5.74, 6) is -10.7. The molecule has 0 aromatic heterocycles. The molecule has 3 aliphatic rings. The maximum atomic E-state index is 14.7. The van der Waals surface area contributed by atoms with Crippen LogP contribution in [-0.4, -0.2) is 109 Å². The predicted octanol–water partition coefficient (Wildman–Crippen LogP) is 2.86. The van der Waals surface area contributed by atoms with E-state index in [2.05, 4.69) is 15.5 Å². The van der Waals surface area contributed by atoms with E-state index < -0.39 is 99.6 Å². The van der Waals surface area contributed by atoms with Gasteiger partial charge in [-0.1, -0.05) is 23.7 Å². The lowest BCUT2D eigenvalue weighted by molar-refractivity contribution is -0.123. The predicted molar refractivity (Wildman–Crippen MR) is 179 cm³/mol. The molecule has 15 nitrogen and oxygen atoms in total. The zero-order valence-electron chi connectivity index (χ0n) is 27.6. The van der Waals surface area contributed by atoms with Crippen molar-refractivity contribution >= 4 is 42.7 Å². The average Bonchev–Trinajstić information content (AvgIpc) is 3.51. The van der Waals surface area contributed by atoms with E-state index in [4.69, 9.17) is 16.3 Å². The van der Waals surface area contributed by atoms with Crippen molar-refractivity contribution in [3.05, 3.63) is 81.1 Å². The zero-order chi connectivity index (χ0) is 38.3. The molecule has 0 radical (unpaired) electrons. The minimum atomic E-state index is -1.94. The van der Waals surface area contributed by atoms with Gasteiger partial charge in [-0.05, 0) is 54.7 Å². The molecule has 2 fully saturated rings. The summed E-state index contributed by atoms with van der Waals surface area (Å²) in [5, 5.41) is 53.9.